The minimum atomic E-state index is -0.438. The Hall–Kier alpha value is -3.75. The van der Waals surface area contributed by atoms with Crippen molar-refractivity contribution in [3.05, 3.63) is 88.7 Å². The number of benzene rings is 2. The Kier molecular flexibility index (Phi) is 7.95. The molecule has 0 saturated carbocycles. The predicted molar refractivity (Wildman–Crippen MR) is 153 cm³/mol. The molecule has 0 spiro atoms. The van der Waals surface area contributed by atoms with Crippen molar-refractivity contribution in [2.45, 2.75) is 31.9 Å². The number of nitrogens with zero attached hydrogens (tertiary/aromatic N) is 2. The quantitative estimate of drug-likeness (QED) is 0.366. The zero-order chi connectivity index (χ0) is 27.4. The lowest BCUT2D eigenvalue weighted by molar-refractivity contribution is -0.118. The zero-order valence-corrected chi connectivity index (χ0v) is 23.1. The fourth-order valence-electron chi connectivity index (χ4n) is 5.38. The summed E-state index contributed by atoms with van der Waals surface area (Å²) in [6, 6.07) is 20.0. The Balaban J connectivity index is 1.33. The third-order valence-electron chi connectivity index (χ3n) is 7.55. The van der Waals surface area contributed by atoms with Crippen LogP contribution in [0, 0.1) is 0 Å². The molecule has 8 nitrogen and oxygen atoms in total. The van der Waals surface area contributed by atoms with Gasteiger partial charge in [0, 0.05) is 68.4 Å². The first-order valence-electron chi connectivity index (χ1n) is 13.2. The minimum Gasteiger partial charge on any atom is -0.382 e. The average molecular weight is 548 g/mol. The van der Waals surface area contributed by atoms with E-state index >= 15 is 0 Å². The number of likely N-dealkylation sites (tertiary alicyclic amines) is 1. The van der Waals surface area contributed by atoms with Crippen molar-refractivity contribution in [3.8, 4) is 11.3 Å². The normalized spacial score (nSPS) is 16.3. The van der Waals surface area contributed by atoms with Crippen LogP contribution in [0.1, 0.15) is 36.6 Å². The van der Waals surface area contributed by atoms with Gasteiger partial charge in [-0.15, -0.1) is 0 Å². The molecule has 0 atom stereocenters. The number of halogens is 1. The largest absolute Gasteiger partial charge is 0.382 e. The summed E-state index contributed by atoms with van der Waals surface area (Å²) in [4.78, 5) is 32.2. The van der Waals surface area contributed by atoms with Gasteiger partial charge in [0.1, 0.15) is 0 Å². The van der Waals surface area contributed by atoms with Crippen LogP contribution < -0.4 is 10.6 Å². The molecule has 3 amide bonds. The maximum absolute atomic E-state index is 13.7. The van der Waals surface area contributed by atoms with Gasteiger partial charge < -0.3 is 25.3 Å². The molecule has 204 valence electrons. The molecular weight excluding hydrogens is 514 g/mol. The van der Waals surface area contributed by atoms with Crippen LogP contribution in [0.2, 0.25) is 5.02 Å². The smallest absolute Gasteiger partial charge is 0.324 e. The van der Waals surface area contributed by atoms with Gasteiger partial charge in [0.05, 0.1) is 17.8 Å². The number of hydrogen-bond acceptors (Lipinski definition) is 4. The maximum Gasteiger partial charge on any atom is 0.324 e. The highest BCUT2D eigenvalue weighted by Gasteiger charge is 2.39. The number of H-pyrrole nitrogens is 1. The molecule has 1 fully saturated rings. The molecule has 0 radical (unpaired) electrons. The van der Waals surface area contributed by atoms with Crippen molar-refractivity contribution in [2.75, 3.05) is 33.3 Å². The van der Waals surface area contributed by atoms with E-state index in [1.807, 2.05) is 53.6 Å². The standard InChI is InChI=1S/C30H34ClN5O3/c1-21(37)32-14-15-33-27-19-36(20-28-25(27)18-26(34-28)22-6-4-3-5-7-22)29(38)35-16-12-30(39-2,13-17-35)23-8-10-24(31)11-9-23/h3-11,18-19,33-34H,12-17,20H2,1-2H3,(H,32,37). The first kappa shape index (κ1) is 26.8. The summed E-state index contributed by atoms with van der Waals surface area (Å²) >= 11 is 6.10. The highest BCUT2D eigenvalue weighted by atomic mass is 35.5. The SMILES string of the molecule is COC1(c2ccc(Cl)cc2)CCN(C(=O)N2C=C(NCCNC(C)=O)c3cc(-c4ccccc4)[nH]c3C2)CC1. The van der Waals surface area contributed by atoms with E-state index in [-0.39, 0.29) is 11.9 Å². The topological polar surface area (TPSA) is 89.7 Å². The van der Waals surface area contributed by atoms with Crippen LogP contribution in [0.4, 0.5) is 4.79 Å². The molecule has 2 aromatic carbocycles. The molecule has 3 aromatic rings. The number of rotatable bonds is 7. The van der Waals surface area contributed by atoms with Crippen molar-refractivity contribution in [1.82, 2.24) is 25.4 Å². The number of methoxy groups -OCH3 is 1. The second-order valence-electron chi connectivity index (χ2n) is 10.00. The molecular formula is C30H34ClN5O3. The van der Waals surface area contributed by atoms with E-state index in [2.05, 4.69) is 33.8 Å². The number of piperidine rings is 1. The fourth-order valence-corrected chi connectivity index (χ4v) is 5.51. The van der Waals surface area contributed by atoms with Crippen LogP contribution in [-0.4, -0.2) is 60.0 Å². The van der Waals surface area contributed by atoms with Crippen molar-refractivity contribution >= 4 is 29.2 Å². The highest BCUT2D eigenvalue weighted by Crippen LogP contribution is 2.37. The lowest BCUT2D eigenvalue weighted by Crippen LogP contribution is -2.50. The molecule has 1 saturated heterocycles. The molecule has 0 unspecified atom stereocenters. The van der Waals surface area contributed by atoms with Gasteiger partial charge in [-0.1, -0.05) is 54.1 Å². The third kappa shape index (κ3) is 5.82. The summed E-state index contributed by atoms with van der Waals surface area (Å²) in [5, 5.41) is 6.92. The molecule has 39 heavy (non-hydrogen) atoms. The number of aromatic nitrogens is 1. The van der Waals surface area contributed by atoms with Gasteiger partial charge in [0.2, 0.25) is 5.91 Å². The lowest BCUT2D eigenvalue weighted by atomic mass is 9.84. The first-order valence-corrected chi connectivity index (χ1v) is 13.6. The van der Waals surface area contributed by atoms with Crippen molar-refractivity contribution in [1.29, 1.82) is 0 Å². The van der Waals surface area contributed by atoms with Crippen LogP contribution in [-0.2, 0) is 21.7 Å². The summed E-state index contributed by atoms with van der Waals surface area (Å²) in [6.07, 6.45) is 3.28. The summed E-state index contributed by atoms with van der Waals surface area (Å²) in [5.41, 5.74) is 5.56. The van der Waals surface area contributed by atoms with E-state index in [1.54, 1.807) is 12.0 Å². The summed E-state index contributed by atoms with van der Waals surface area (Å²) in [5.74, 6) is -0.0734. The Morgan fingerprint density at radius 1 is 1.05 bits per heavy atom. The summed E-state index contributed by atoms with van der Waals surface area (Å²) in [6.45, 7) is 4.14. The number of hydrogen-bond donors (Lipinski definition) is 3. The number of urea groups is 1. The summed E-state index contributed by atoms with van der Waals surface area (Å²) in [7, 11) is 1.73. The second-order valence-corrected chi connectivity index (χ2v) is 10.4. The van der Waals surface area contributed by atoms with Gasteiger partial charge >= 0.3 is 6.03 Å². The van der Waals surface area contributed by atoms with E-state index in [4.69, 9.17) is 16.3 Å². The van der Waals surface area contributed by atoms with Crippen LogP contribution in [0.5, 0.6) is 0 Å². The highest BCUT2D eigenvalue weighted by molar-refractivity contribution is 6.30. The predicted octanol–water partition coefficient (Wildman–Crippen LogP) is 4.93. The molecule has 3 heterocycles. The number of carbonyl (C=O) groups excluding carboxylic acids is 2. The molecule has 0 aliphatic carbocycles. The molecule has 2 aliphatic rings. The van der Waals surface area contributed by atoms with E-state index in [1.165, 1.54) is 6.92 Å². The van der Waals surface area contributed by atoms with Crippen LogP contribution in [0.3, 0.4) is 0 Å². The van der Waals surface area contributed by atoms with E-state index in [9.17, 15) is 9.59 Å². The van der Waals surface area contributed by atoms with Gasteiger partial charge in [-0.2, -0.15) is 0 Å². The van der Waals surface area contributed by atoms with Gasteiger partial charge in [0.25, 0.3) is 0 Å². The van der Waals surface area contributed by atoms with Crippen LogP contribution in [0.25, 0.3) is 17.0 Å². The van der Waals surface area contributed by atoms with E-state index in [0.717, 1.165) is 33.8 Å². The molecule has 5 rings (SSSR count). The minimum absolute atomic E-state index is 0.0431. The van der Waals surface area contributed by atoms with Crippen molar-refractivity contribution in [2.24, 2.45) is 0 Å². The van der Waals surface area contributed by atoms with Gasteiger partial charge in [-0.05, 0) is 42.2 Å². The van der Waals surface area contributed by atoms with E-state index < -0.39 is 5.60 Å². The molecule has 9 heteroatoms. The second kappa shape index (κ2) is 11.6. The van der Waals surface area contributed by atoms with Gasteiger partial charge in [-0.25, -0.2) is 4.79 Å². The monoisotopic (exact) mass is 547 g/mol. The van der Waals surface area contributed by atoms with Crippen LogP contribution in [0.15, 0.2) is 66.9 Å². The number of aromatic amines is 1. The number of ether oxygens (including phenoxy) is 1. The van der Waals surface area contributed by atoms with Gasteiger partial charge in [0.15, 0.2) is 0 Å². The average Bonchev–Trinajstić information content (AvgIpc) is 3.40. The summed E-state index contributed by atoms with van der Waals surface area (Å²) < 4.78 is 6.01. The molecule has 2 aliphatic heterocycles. The molecule has 3 N–H and O–H groups in total. The Morgan fingerprint density at radius 3 is 2.44 bits per heavy atom. The van der Waals surface area contributed by atoms with Crippen molar-refractivity contribution < 1.29 is 14.3 Å². The lowest BCUT2D eigenvalue weighted by Gasteiger charge is -2.42. The van der Waals surface area contributed by atoms with Crippen molar-refractivity contribution in [3.63, 3.8) is 0 Å². The number of fused-ring (bicyclic) bond motifs is 1. The molecule has 0 bridgehead atoms. The van der Waals surface area contributed by atoms with Gasteiger partial charge in [-0.3, -0.25) is 9.69 Å². The Labute approximate surface area is 234 Å². The zero-order valence-electron chi connectivity index (χ0n) is 22.3. The number of amides is 3. The van der Waals surface area contributed by atoms with Crippen LogP contribution >= 0.6 is 11.6 Å². The van der Waals surface area contributed by atoms with E-state index in [0.29, 0.717) is 50.6 Å². The number of carbonyl (C=O) groups is 2. The third-order valence-corrected chi connectivity index (χ3v) is 7.80. The number of nitrogens with one attached hydrogen (secondary N) is 3. The molecule has 1 aromatic heterocycles. The Morgan fingerprint density at radius 2 is 1.77 bits per heavy atom. The maximum atomic E-state index is 13.7. The fraction of sp³-hybridized carbons (Fsp3) is 0.333. The first-order chi connectivity index (χ1) is 18.9. The Bertz CT molecular complexity index is 1340.